The van der Waals surface area contributed by atoms with Crippen LogP contribution in [0.4, 0.5) is 11.4 Å². The first-order chi connectivity index (χ1) is 9.17. The van der Waals surface area contributed by atoms with E-state index in [1.165, 1.54) is 0 Å². The minimum Gasteiger partial charge on any atom is -0.343 e. The third-order valence-electron chi connectivity index (χ3n) is 2.87. The topological polar surface area (TPSA) is 44.1 Å². The van der Waals surface area contributed by atoms with Gasteiger partial charge in [-0.3, -0.25) is 4.79 Å². The van der Waals surface area contributed by atoms with Gasteiger partial charge in [0.15, 0.2) is 6.29 Å². The highest BCUT2D eigenvalue weighted by Gasteiger charge is 2.12. The Morgan fingerprint density at radius 3 is 2.63 bits per heavy atom. The van der Waals surface area contributed by atoms with E-state index >= 15 is 0 Å². The summed E-state index contributed by atoms with van der Waals surface area (Å²) in [5.74, 6) is 0. The smallest absolute Gasteiger partial charge is 0.152 e. The molecule has 3 nitrogen and oxygen atoms in total. The molecule has 2 rings (SSSR count). The number of para-hydroxylation sites is 1. The Bertz CT molecular complexity index is 661. The lowest BCUT2D eigenvalue weighted by Crippen LogP contribution is -2.13. The van der Waals surface area contributed by atoms with Crippen molar-refractivity contribution in [3.05, 3.63) is 58.6 Å². The molecule has 4 heteroatoms. The van der Waals surface area contributed by atoms with Crippen molar-refractivity contribution in [2.24, 2.45) is 0 Å². The molecule has 2 aromatic carbocycles. The molecule has 0 fully saturated rings. The van der Waals surface area contributed by atoms with Gasteiger partial charge in [0, 0.05) is 17.6 Å². The molecule has 19 heavy (non-hydrogen) atoms. The van der Waals surface area contributed by atoms with Crippen LogP contribution in [0.2, 0.25) is 5.02 Å². The van der Waals surface area contributed by atoms with Gasteiger partial charge in [0.05, 0.1) is 16.9 Å². The Hall–Kier alpha value is -2.31. The van der Waals surface area contributed by atoms with Crippen LogP contribution in [0.25, 0.3) is 0 Å². The lowest BCUT2D eigenvalue weighted by atomic mass is 10.1. The Morgan fingerprint density at radius 1 is 1.21 bits per heavy atom. The zero-order chi connectivity index (χ0) is 13.8. The van der Waals surface area contributed by atoms with Crippen LogP contribution in [0.1, 0.15) is 15.9 Å². The standard InChI is InChI=1S/C15H11ClN2O/c1-18(14-5-3-2-4-11(14)9-17)15-8-13(16)7-6-12(15)10-19/h2-8,10H,1H3. The Kier molecular flexibility index (Phi) is 3.84. The number of aldehydes is 1. The second kappa shape index (κ2) is 5.55. The van der Waals surface area contributed by atoms with Gasteiger partial charge < -0.3 is 4.90 Å². The fourth-order valence-electron chi connectivity index (χ4n) is 1.90. The first kappa shape index (κ1) is 13.1. The average Bonchev–Trinajstić information content (AvgIpc) is 2.46. The number of halogens is 1. The maximum atomic E-state index is 11.1. The molecule has 0 aliphatic rings. The molecule has 0 aliphatic carbocycles. The SMILES string of the molecule is CN(c1ccccc1C#N)c1cc(Cl)ccc1C=O. The van der Waals surface area contributed by atoms with E-state index in [0.717, 1.165) is 12.0 Å². The Morgan fingerprint density at radius 2 is 1.95 bits per heavy atom. The Labute approximate surface area is 116 Å². The normalized spacial score (nSPS) is 9.74. The molecule has 0 spiro atoms. The summed E-state index contributed by atoms with van der Waals surface area (Å²) < 4.78 is 0. The molecule has 0 unspecified atom stereocenters. The molecule has 0 aromatic heterocycles. The van der Waals surface area contributed by atoms with E-state index in [1.54, 1.807) is 42.3 Å². The highest BCUT2D eigenvalue weighted by molar-refractivity contribution is 6.31. The van der Waals surface area contributed by atoms with Crippen molar-refractivity contribution in [3.8, 4) is 6.07 Å². The summed E-state index contributed by atoms with van der Waals surface area (Å²) in [6.07, 6.45) is 0.775. The molecule has 0 atom stereocenters. The van der Waals surface area contributed by atoms with Crippen LogP contribution in [0.15, 0.2) is 42.5 Å². The number of rotatable bonds is 3. The van der Waals surface area contributed by atoms with Gasteiger partial charge in [-0.25, -0.2) is 0 Å². The van der Waals surface area contributed by atoms with Crippen LogP contribution in [0.5, 0.6) is 0 Å². The number of carbonyl (C=O) groups is 1. The van der Waals surface area contributed by atoms with Crippen molar-refractivity contribution in [1.82, 2.24) is 0 Å². The van der Waals surface area contributed by atoms with E-state index < -0.39 is 0 Å². The number of hydrogen-bond donors (Lipinski definition) is 0. The van der Waals surface area contributed by atoms with Gasteiger partial charge in [0.25, 0.3) is 0 Å². The molecule has 0 heterocycles. The minimum atomic E-state index is 0.527. The maximum absolute atomic E-state index is 11.1. The number of carbonyl (C=O) groups excluding carboxylic acids is 1. The predicted molar refractivity (Wildman–Crippen MR) is 76.1 cm³/mol. The molecule has 94 valence electrons. The van der Waals surface area contributed by atoms with Gasteiger partial charge in [-0.05, 0) is 30.3 Å². The van der Waals surface area contributed by atoms with E-state index in [1.807, 2.05) is 12.1 Å². The lowest BCUT2D eigenvalue weighted by Gasteiger charge is -2.22. The first-order valence-corrected chi connectivity index (χ1v) is 6.02. The number of anilines is 2. The van der Waals surface area contributed by atoms with E-state index in [2.05, 4.69) is 6.07 Å². The molecule has 0 N–H and O–H groups in total. The summed E-state index contributed by atoms with van der Waals surface area (Å²) in [6, 6.07) is 14.4. The van der Waals surface area contributed by atoms with E-state index in [-0.39, 0.29) is 0 Å². The van der Waals surface area contributed by atoms with Crippen LogP contribution >= 0.6 is 11.6 Å². The van der Waals surface area contributed by atoms with Crippen molar-refractivity contribution >= 4 is 29.3 Å². The number of nitrogens with zero attached hydrogens (tertiary/aromatic N) is 2. The summed E-state index contributed by atoms with van der Waals surface area (Å²) in [6.45, 7) is 0. The number of nitriles is 1. The molecule has 0 saturated carbocycles. The average molecular weight is 271 g/mol. The highest BCUT2D eigenvalue weighted by Crippen LogP contribution is 2.30. The fourth-order valence-corrected chi connectivity index (χ4v) is 2.06. The van der Waals surface area contributed by atoms with Crippen LogP contribution in [-0.4, -0.2) is 13.3 Å². The van der Waals surface area contributed by atoms with Crippen molar-refractivity contribution in [2.45, 2.75) is 0 Å². The second-order valence-electron chi connectivity index (χ2n) is 4.01. The summed E-state index contributed by atoms with van der Waals surface area (Å²) in [7, 11) is 1.80. The largest absolute Gasteiger partial charge is 0.343 e. The molecule has 0 amide bonds. The van der Waals surface area contributed by atoms with Gasteiger partial charge >= 0.3 is 0 Å². The first-order valence-electron chi connectivity index (χ1n) is 5.65. The molecule has 0 aliphatic heterocycles. The van der Waals surface area contributed by atoms with Crippen molar-refractivity contribution in [1.29, 1.82) is 5.26 Å². The summed E-state index contributed by atoms with van der Waals surface area (Å²) in [4.78, 5) is 12.9. The van der Waals surface area contributed by atoms with Crippen molar-refractivity contribution in [2.75, 3.05) is 11.9 Å². The summed E-state index contributed by atoms with van der Waals surface area (Å²) in [5.41, 5.74) is 2.47. The summed E-state index contributed by atoms with van der Waals surface area (Å²) >= 11 is 5.97. The molecular formula is C15H11ClN2O. The predicted octanol–water partition coefficient (Wildman–Crippen LogP) is 3.79. The third-order valence-corrected chi connectivity index (χ3v) is 3.10. The molecule has 2 aromatic rings. The zero-order valence-corrected chi connectivity index (χ0v) is 11.1. The van der Waals surface area contributed by atoms with Crippen LogP contribution in [0.3, 0.4) is 0 Å². The molecular weight excluding hydrogens is 260 g/mol. The van der Waals surface area contributed by atoms with Crippen molar-refractivity contribution in [3.63, 3.8) is 0 Å². The fraction of sp³-hybridized carbons (Fsp3) is 0.0667. The van der Waals surface area contributed by atoms with E-state index in [4.69, 9.17) is 16.9 Å². The third kappa shape index (κ3) is 2.59. The monoisotopic (exact) mass is 270 g/mol. The minimum absolute atomic E-state index is 0.527. The van der Waals surface area contributed by atoms with Gasteiger partial charge in [0.2, 0.25) is 0 Å². The van der Waals surface area contributed by atoms with Crippen LogP contribution in [-0.2, 0) is 0 Å². The summed E-state index contributed by atoms with van der Waals surface area (Å²) in [5, 5.41) is 9.67. The Balaban J connectivity index is 2.56. The van der Waals surface area contributed by atoms with Crippen LogP contribution in [0, 0.1) is 11.3 Å². The molecule has 0 saturated heterocycles. The van der Waals surface area contributed by atoms with Crippen molar-refractivity contribution < 1.29 is 4.79 Å². The lowest BCUT2D eigenvalue weighted by molar-refractivity contribution is 0.112. The van der Waals surface area contributed by atoms with E-state index in [0.29, 0.717) is 21.8 Å². The number of benzene rings is 2. The van der Waals surface area contributed by atoms with Gasteiger partial charge in [-0.2, -0.15) is 5.26 Å². The quantitative estimate of drug-likeness (QED) is 0.797. The second-order valence-corrected chi connectivity index (χ2v) is 4.45. The van der Waals surface area contributed by atoms with Gasteiger partial charge in [-0.15, -0.1) is 0 Å². The number of hydrogen-bond acceptors (Lipinski definition) is 3. The molecule has 0 bridgehead atoms. The maximum Gasteiger partial charge on any atom is 0.152 e. The molecule has 0 radical (unpaired) electrons. The zero-order valence-electron chi connectivity index (χ0n) is 10.3. The van der Waals surface area contributed by atoms with Gasteiger partial charge in [0.1, 0.15) is 6.07 Å². The highest BCUT2D eigenvalue weighted by atomic mass is 35.5. The van der Waals surface area contributed by atoms with Gasteiger partial charge in [-0.1, -0.05) is 23.7 Å². The van der Waals surface area contributed by atoms with Crippen LogP contribution < -0.4 is 4.90 Å². The van der Waals surface area contributed by atoms with E-state index in [9.17, 15) is 4.79 Å².